The van der Waals surface area contributed by atoms with Crippen molar-refractivity contribution < 1.29 is 32.9 Å². The van der Waals surface area contributed by atoms with E-state index in [9.17, 15) is 23.1 Å². The summed E-state index contributed by atoms with van der Waals surface area (Å²) in [6.45, 7) is 5.11. The SMILES string of the molecule is CCCC(C)(CC(O)(C(=O)O)C(F)(F)F)c1ccc(C)cc1OC. The predicted molar refractivity (Wildman–Crippen MR) is 83.2 cm³/mol. The molecule has 0 amide bonds. The van der Waals surface area contributed by atoms with Crippen molar-refractivity contribution in [3.8, 4) is 5.75 Å². The van der Waals surface area contributed by atoms with Gasteiger partial charge in [-0.1, -0.05) is 32.4 Å². The average Bonchev–Trinajstić information content (AvgIpc) is 2.45. The third kappa shape index (κ3) is 3.83. The van der Waals surface area contributed by atoms with Crippen molar-refractivity contribution in [3.05, 3.63) is 29.3 Å². The summed E-state index contributed by atoms with van der Waals surface area (Å²) in [4.78, 5) is 11.2. The largest absolute Gasteiger partial charge is 0.496 e. The molecule has 0 saturated heterocycles. The molecule has 0 aliphatic carbocycles. The summed E-state index contributed by atoms with van der Waals surface area (Å²) >= 11 is 0. The van der Waals surface area contributed by atoms with Crippen LogP contribution in [0.5, 0.6) is 5.75 Å². The van der Waals surface area contributed by atoms with Gasteiger partial charge in [-0.05, 0) is 30.4 Å². The lowest BCUT2D eigenvalue weighted by Crippen LogP contribution is -2.55. The molecule has 24 heavy (non-hydrogen) atoms. The molecule has 0 radical (unpaired) electrons. The summed E-state index contributed by atoms with van der Waals surface area (Å²) in [5.41, 5.74) is -3.75. The van der Waals surface area contributed by atoms with Gasteiger partial charge in [0.2, 0.25) is 0 Å². The fourth-order valence-electron chi connectivity index (χ4n) is 3.03. The maximum Gasteiger partial charge on any atom is 0.428 e. The van der Waals surface area contributed by atoms with E-state index in [-0.39, 0.29) is 6.42 Å². The number of aliphatic hydroxyl groups is 1. The molecule has 0 heterocycles. The van der Waals surface area contributed by atoms with Crippen LogP contribution in [0.25, 0.3) is 0 Å². The lowest BCUT2D eigenvalue weighted by Gasteiger charge is -2.38. The van der Waals surface area contributed by atoms with Crippen molar-refractivity contribution in [2.75, 3.05) is 7.11 Å². The van der Waals surface area contributed by atoms with Crippen LogP contribution in [0, 0.1) is 6.92 Å². The number of aryl methyl sites for hydroxylation is 1. The molecule has 0 fully saturated rings. The number of halogens is 3. The number of benzene rings is 1. The Balaban J connectivity index is 3.48. The Morgan fingerprint density at radius 2 is 1.88 bits per heavy atom. The lowest BCUT2D eigenvalue weighted by molar-refractivity contribution is -0.266. The molecule has 2 atom stereocenters. The summed E-state index contributed by atoms with van der Waals surface area (Å²) in [6.07, 6.45) is -5.50. The van der Waals surface area contributed by atoms with Gasteiger partial charge in [0.1, 0.15) is 5.75 Å². The van der Waals surface area contributed by atoms with Crippen LogP contribution >= 0.6 is 0 Å². The van der Waals surface area contributed by atoms with Crippen LogP contribution in [-0.2, 0) is 10.2 Å². The molecular weight excluding hydrogens is 325 g/mol. The first-order valence-electron chi connectivity index (χ1n) is 7.59. The van der Waals surface area contributed by atoms with Gasteiger partial charge in [-0.2, -0.15) is 13.2 Å². The monoisotopic (exact) mass is 348 g/mol. The van der Waals surface area contributed by atoms with E-state index < -0.39 is 29.6 Å². The van der Waals surface area contributed by atoms with Crippen LogP contribution in [0.2, 0.25) is 0 Å². The highest BCUT2D eigenvalue weighted by atomic mass is 19.4. The summed E-state index contributed by atoms with van der Waals surface area (Å²) in [6, 6.07) is 5.03. The molecule has 0 aromatic heterocycles. The Labute approximate surface area is 139 Å². The highest BCUT2D eigenvalue weighted by Gasteiger charge is 2.62. The number of carbonyl (C=O) groups is 1. The van der Waals surface area contributed by atoms with Gasteiger partial charge in [-0.15, -0.1) is 0 Å². The van der Waals surface area contributed by atoms with E-state index >= 15 is 0 Å². The van der Waals surface area contributed by atoms with Gasteiger partial charge in [0.25, 0.3) is 5.60 Å². The number of aliphatic carboxylic acids is 1. The Morgan fingerprint density at radius 3 is 2.29 bits per heavy atom. The van der Waals surface area contributed by atoms with Gasteiger partial charge in [0.15, 0.2) is 0 Å². The number of hydrogen-bond acceptors (Lipinski definition) is 3. The zero-order valence-corrected chi connectivity index (χ0v) is 14.2. The van der Waals surface area contributed by atoms with Gasteiger partial charge < -0.3 is 14.9 Å². The van der Waals surface area contributed by atoms with Crippen LogP contribution in [0.4, 0.5) is 13.2 Å². The number of alkyl halides is 3. The number of ether oxygens (including phenoxy) is 1. The normalized spacial score (nSPS) is 17.0. The highest BCUT2D eigenvalue weighted by molar-refractivity contribution is 5.78. The molecule has 0 aliphatic heterocycles. The third-order valence-corrected chi connectivity index (χ3v) is 4.28. The maximum absolute atomic E-state index is 13.2. The van der Waals surface area contributed by atoms with Gasteiger partial charge in [-0.3, -0.25) is 0 Å². The molecule has 1 aromatic carbocycles. The fraction of sp³-hybridized carbons (Fsp3) is 0.588. The van der Waals surface area contributed by atoms with Crippen molar-refractivity contribution >= 4 is 5.97 Å². The molecule has 7 heteroatoms. The van der Waals surface area contributed by atoms with E-state index in [4.69, 9.17) is 9.84 Å². The number of methoxy groups -OCH3 is 1. The standard InChI is InChI=1S/C17H23F3O4/c1-5-8-15(3,10-16(23,14(21)22)17(18,19)20)12-7-6-11(2)9-13(12)24-4/h6-7,9,23H,5,8,10H2,1-4H3,(H,21,22). The Morgan fingerprint density at radius 1 is 1.29 bits per heavy atom. The second-order valence-electron chi connectivity index (χ2n) is 6.35. The van der Waals surface area contributed by atoms with Crippen LogP contribution in [0.15, 0.2) is 18.2 Å². The van der Waals surface area contributed by atoms with Gasteiger partial charge in [0, 0.05) is 12.0 Å². The van der Waals surface area contributed by atoms with Crippen LogP contribution < -0.4 is 4.74 Å². The van der Waals surface area contributed by atoms with Crippen molar-refractivity contribution in [2.24, 2.45) is 0 Å². The summed E-state index contributed by atoms with van der Waals surface area (Å²) in [5.74, 6) is -1.93. The molecule has 0 spiro atoms. The molecule has 136 valence electrons. The third-order valence-electron chi connectivity index (χ3n) is 4.28. The second kappa shape index (κ2) is 7.01. The first-order valence-corrected chi connectivity index (χ1v) is 7.59. The molecule has 2 unspecified atom stereocenters. The van der Waals surface area contributed by atoms with Gasteiger partial charge in [-0.25, -0.2) is 4.79 Å². The Kier molecular flexibility index (Phi) is 5.92. The van der Waals surface area contributed by atoms with Gasteiger partial charge >= 0.3 is 12.1 Å². The first-order chi connectivity index (χ1) is 10.9. The van der Waals surface area contributed by atoms with Crippen LogP contribution in [0.1, 0.15) is 44.2 Å². The zero-order chi connectivity index (χ0) is 18.8. The van der Waals surface area contributed by atoms with E-state index in [2.05, 4.69) is 0 Å². The number of carboxylic acids is 1. The first kappa shape index (κ1) is 20.3. The van der Waals surface area contributed by atoms with E-state index in [1.807, 2.05) is 6.92 Å². The van der Waals surface area contributed by atoms with Crippen molar-refractivity contribution in [3.63, 3.8) is 0 Å². The summed E-state index contributed by atoms with van der Waals surface area (Å²) in [5, 5.41) is 18.9. The molecule has 0 aliphatic rings. The Bertz CT molecular complexity index is 600. The van der Waals surface area contributed by atoms with Crippen molar-refractivity contribution in [2.45, 2.75) is 57.2 Å². The average molecular weight is 348 g/mol. The fourth-order valence-corrected chi connectivity index (χ4v) is 3.03. The molecule has 0 saturated carbocycles. The minimum absolute atomic E-state index is 0.262. The number of carboxylic acid groups (broad SMARTS) is 1. The second-order valence-corrected chi connectivity index (χ2v) is 6.35. The van der Waals surface area contributed by atoms with Gasteiger partial charge in [0.05, 0.1) is 7.11 Å². The smallest absolute Gasteiger partial charge is 0.428 e. The van der Waals surface area contributed by atoms with Crippen LogP contribution in [0.3, 0.4) is 0 Å². The number of rotatable bonds is 7. The zero-order valence-electron chi connectivity index (χ0n) is 14.2. The molecule has 1 aromatic rings. The topological polar surface area (TPSA) is 66.8 Å². The number of hydrogen-bond donors (Lipinski definition) is 2. The Hall–Kier alpha value is -1.76. The minimum atomic E-state index is -5.29. The van der Waals surface area contributed by atoms with E-state index in [1.54, 1.807) is 25.1 Å². The van der Waals surface area contributed by atoms with E-state index in [1.165, 1.54) is 14.0 Å². The maximum atomic E-state index is 13.2. The quantitative estimate of drug-likeness (QED) is 0.786. The van der Waals surface area contributed by atoms with Crippen molar-refractivity contribution in [1.82, 2.24) is 0 Å². The predicted octanol–water partition coefficient (Wildman–Crippen LogP) is 3.83. The van der Waals surface area contributed by atoms with Crippen molar-refractivity contribution in [1.29, 1.82) is 0 Å². The summed E-state index contributed by atoms with van der Waals surface area (Å²) in [7, 11) is 1.40. The molecule has 1 rings (SSSR count). The molecule has 0 bridgehead atoms. The molecule has 4 nitrogen and oxygen atoms in total. The molecule has 2 N–H and O–H groups in total. The van der Waals surface area contributed by atoms with E-state index in [0.717, 1.165) is 5.56 Å². The molecular formula is C17H23F3O4. The lowest BCUT2D eigenvalue weighted by atomic mass is 9.70. The van der Waals surface area contributed by atoms with Crippen LogP contribution in [-0.4, -0.2) is 35.1 Å². The minimum Gasteiger partial charge on any atom is -0.496 e. The highest BCUT2D eigenvalue weighted by Crippen LogP contribution is 2.46. The summed E-state index contributed by atoms with van der Waals surface area (Å²) < 4.78 is 44.9. The van der Waals surface area contributed by atoms with E-state index in [0.29, 0.717) is 17.7 Å².